The first-order chi connectivity index (χ1) is 8.52. The minimum absolute atomic E-state index is 0.196. The normalized spacial score (nSPS) is 16.7. The average Bonchev–Trinajstić information content (AvgIpc) is 3.02. The van der Waals surface area contributed by atoms with Crippen molar-refractivity contribution in [2.45, 2.75) is 19.8 Å². The molecule has 0 aliphatic heterocycles. The molecule has 1 amide bonds. The Morgan fingerprint density at radius 1 is 1.61 bits per heavy atom. The Kier molecular flexibility index (Phi) is 3.47. The number of hydrogen-bond donors (Lipinski definition) is 2. The first-order valence-electron chi connectivity index (χ1n) is 5.63. The maximum atomic E-state index is 11.5. The van der Waals surface area contributed by atoms with Gasteiger partial charge in [-0.3, -0.25) is 9.59 Å². The zero-order chi connectivity index (χ0) is 13.2. The van der Waals surface area contributed by atoms with Crippen LogP contribution in [0.2, 0.25) is 0 Å². The summed E-state index contributed by atoms with van der Waals surface area (Å²) in [7, 11) is 0. The van der Waals surface area contributed by atoms with Gasteiger partial charge in [-0.25, -0.2) is 4.98 Å². The van der Waals surface area contributed by atoms with E-state index in [1.54, 1.807) is 6.08 Å². The van der Waals surface area contributed by atoms with Gasteiger partial charge in [0.2, 0.25) is 5.91 Å². The Balaban J connectivity index is 1.82. The molecule has 96 valence electrons. The molecule has 0 bridgehead atoms. The van der Waals surface area contributed by atoms with Crippen LogP contribution in [-0.4, -0.2) is 28.5 Å². The van der Waals surface area contributed by atoms with E-state index in [0.717, 1.165) is 10.7 Å². The largest absolute Gasteiger partial charge is 0.481 e. The number of aryl methyl sites for hydroxylation is 1. The van der Waals surface area contributed by atoms with Gasteiger partial charge in [0.1, 0.15) is 0 Å². The zero-order valence-corrected chi connectivity index (χ0v) is 10.8. The van der Waals surface area contributed by atoms with Crippen molar-refractivity contribution in [1.82, 2.24) is 10.3 Å². The molecule has 0 radical (unpaired) electrons. The van der Waals surface area contributed by atoms with E-state index in [1.807, 2.05) is 12.3 Å². The molecule has 0 saturated heterocycles. The summed E-state index contributed by atoms with van der Waals surface area (Å²) >= 11 is 1.52. The lowest BCUT2D eigenvalue weighted by Gasteiger charge is -2.09. The third-order valence-electron chi connectivity index (χ3n) is 2.95. The summed E-state index contributed by atoms with van der Waals surface area (Å²) in [5.41, 5.74) is 0.0211. The van der Waals surface area contributed by atoms with E-state index >= 15 is 0 Å². The van der Waals surface area contributed by atoms with Crippen LogP contribution in [0.25, 0.3) is 6.08 Å². The van der Waals surface area contributed by atoms with Crippen LogP contribution in [-0.2, 0) is 9.59 Å². The van der Waals surface area contributed by atoms with Crippen LogP contribution in [0, 0.1) is 12.3 Å². The zero-order valence-electron chi connectivity index (χ0n) is 9.97. The second-order valence-corrected chi connectivity index (χ2v) is 5.49. The number of aromatic nitrogens is 1. The highest BCUT2D eigenvalue weighted by Crippen LogP contribution is 2.45. The van der Waals surface area contributed by atoms with Gasteiger partial charge >= 0.3 is 5.97 Å². The summed E-state index contributed by atoms with van der Waals surface area (Å²) in [6.07, 6.45) is 4.28. The summed E-state index contributed by atoms with van der Waals surface area (Å²) in [4.78, 5) is 26.6. The predicted octanol–water partition coefficient (Wildman–Crippen LogP) is 1.45. The second-order valence-electron chi connectivity index (χ2n) is 4.43. The van der Waals surface area contributed by atoms with E-state index in [0.29, 0.717) is 12.8 Å². The quantitative estimate of drug-likeness (QED) is 0.790. The first-order valence-corrected chi connectivity index (χ1v) is 6.51. The molecule has 2 rings (SSSR count). The number of aliphatic carboxylic acids is 1. The van der Waals surface area contributed by atoms with E-state index in [2.05, 4.69) is 10.3 Å². The number of nitrogens with zero attached hydrogens (tertiary/aromatic N) is 1. The van der Waals surface area contributed by atoms with Crippen LogP contribution >= 0.6 is 11.3 Å². The summed E-state index contributed by atoms with van der Waals surface area (Å²) in [6.45, 7) is 2.09. The summed E-state index contributed by atoms with van der Waals surface area (Å²) in [6, 6.07) is 0. The lowest BCUT2D eigenvalue weighted by Crippen LogP contribution is -2.33. The fraction of sp³-hybridized carbons (Fsp3) is 0.417. The number of amides is 1. The monoisotopic (exact) mass is 266 g/mol. The van der Waals surface area contributed by atoms with Crippen molar-refractivity contribution in [3.63, 3.8) is 0 Å². The SMILES string of the molecule is Cc1nc(/C=C/C(=O)NCC2(C(=O)O)CC2)cs1. The van der Waals surface area contributed by atoms with Crippen molar-refractivity contribution in [3.05, 3.63) is 22.2 Å². The first kappa shape index (κ1) is 12.8. The highest BCUT2D eigenvalue weighted by molar-refractivity contribution is 7.09. The van der Waals surface area contributed by atoms with Crippen molar-refractivity contribution >= 4 is 29.3 Å². The van der Waals surface area contributed by atoms with E-state index in [1.165, 1.54) is 17.4 Å². The molecule has 0 unspecified atom stereocenters. The van der Waals surface area contributed by atoms with Gasteiger partial charge < -0.3 is 10.4 Å². The van der Waals surface area contributed by atoms with Gasteiger partial charge in [0.15, 0.2) is 0 Å². The Morgan fingerprint density at radius 3 is 2.83 bits per heavy atom. The van der Waals surface area contributed by atoms with Crippen molar-refractivity contribution in [1.29, 1.82) is 0 Å². The molecule has 0 aromatic carbocycles. The summed E-state index contributed by atoms with van der Waals surface area (Å²) < 4.78 is 0. The van der Waals surface area contributed by atoms with Crippen molar-refractivity contribution in [2.75, 3.05) is 6.54 Å². The van der Waals surface area contributed by atoms with Crippen LogP contribution in [0.5, 0.6) is 0 Å². The molecule has 1 aliphatic carbocycles. The van der Waals surface area contributed by atoms with Crippen LogP contribution < -0.4 is 5.32 Å². The van der Waals surface area contributed by atoms with Crippen LogP contribution in [0.4, 0.5) is 0 Å². The molecule has 6 heteroatoms. The number of rotatable bonds is 5. The van der Waals surface area contributed by atoms with Gasteiger partial charge in [0.05, 0.1) is 16.1 Å². The maximum absolute atomic E-state index is 11.5. The molecule has 1 aromatic rings. The van der Waals surface area contributed by atoms with E-state index in [4.69, 9.17) is 5.11 Å². The number of carbonyl (C=O) groups excluding carboxylic acids is 1. The number of hydrogen-bond acceptors (Lipinski definition) is 4. The Labute approximate surface area is 109 Å². The van der Waals surface area contributed by atoms with E-state index in [9.17, 15) is 9.59 Å². The number of nitrogens with one attached hydrogen (secondary N) is 1. The standard InChI is InChI=1S/C12H14N2O3S/c1-8-14-9(6-18-8)2-3-10(15)13-7-12(4-5-12)11(16)17/h2-3,6H,4-5,7H2,1H3,(H,13,15)(H,16,17)/b3-2+. The van der Waals surface area contributed by atoms with Crippen molar-refractivity contribution in [3.8, 4) is 0 Å². The maximum Gasteiger partial charge on any atom is 0.311 e. The molecule has 1 saturated carbocycles. The van der Waals surface area contributed by atoms with Gasteiger partial charge in [-0.15, -0.1) is 11.3 Å². The van der Waals surface area contributed by atoms with E-state index in [-0.39, 0.29) is 12.5 Å². The molecule has 1 aliphatic rings. The number of carboxylic acids is 1. The smallest absolute Gasteiger partial charge is 0.311 e. The third-order valence-corrected chi connectivity index (χ3v) is 3.74. The van der Waals surface area contributed by atoms with Crippen molar-refractivity contribution in [2.24, 2.45) is 5.41 Å². The summed E-state index contributed by atoms with van der Waals surface area (Å²) in [5.74, 6) is -1.12. The summed E-state index contributed by atoms with van der Waals surface area (Å²) in [5, 5.41) is 14.4. The highest BCUT2D eigenvalue weighted by atomic mass is 32.1. The van der Waals surface area contributed by atoms with Gasteiger partial charge in [-0.1, -0.05) is 0 Å². The highest BCUT2D eigenvalue weighted by Gasteiger charge is 2.50. The van der Waals surface area contributed by atoms with E-state index < -0.39 is 11.4 Å². The van der Waals surface area contributed by atoms with Crippen LogP contribution in [0.15, 0.2) is 11.5 Å². The van der Waals surface area contributed by atoms with Crippen molar-refractivity contribution < 1.29 is 14.7 Å². The molecule has 2 N–H and O–H groups in total. The van der Waals surface area contributed by atoms with Gasteiger partial charge in [-0.2, -0.15) is 0 Å². The molecule has 1 fully saturated rings. The third kappa shape index (κ3) is 2.95. The fourth-order valence-corrected chi connectivity index (χ4v) is 2.13. The number of carbonyl (C=O) groups is 2. The molecule has 18 heavy (non-hydrogen) atoms. The molecule has 1 heterocycles. The Morgan fingerprint density at radius 2 is 2.33 bits per heavy atom. The average molecular weight is 266 g/mol. The fourth-order valence-electron chi connectivity index (χ4n) is 1.55. The minimum atomic E-state index is -0.832. The molecule has 0 spiro atoms. The molecular formula is C12H14N2O3S. The number of thiazole rings is 1. The van der Waals surface area contributed by atoms with Gasteiger partial charge in [0, 0.05) is 18.0 Å². The Hall–Kier alpha value is -1.69. The molecule has 1 aromatic heterocycles. The topological polar surface area (TPSA) is 79.3 Å². The van der Waals surface area contributed by atoms with Gasteiger partial charge in [-0.05, 0) is 25.8 Å². The lowest BCUT2D eigenvalue weighted by atomic mass is 10.1. The predicted molar refractivity (Wildman–Crippen MR) is 68.2 cm³/mol. The lowest BCUT2D eigenvalue weighted by molar-refractivity contribution is -0.143. The van der Waals surface area contributed by atoms with Crippen LogP contribution in [0.1, 0.15) is 23.5 Å². The molecule has 5 nitrogen and oxygen atoms in total. The minimum Gasteiger partial charge on any atom is -0.481 e. The van der Waals surface area contributed by atoms with Gasteiger partial charge in [0.25, 0.3) is 0 Å². The Bertz CT molecular complexity index is 503. The van der Waals surface area contributed by atoms with Crippen LogP contribution in [0.3, 0.4) is 0 Å². The number of carboxylic acid groups (broad SMARTS) is 1. The second kappa shape index (κ2) is 4.89. The molecular weight excluding hydrogens is 252 g/mol. The molecule has 0 atom stereocenters.